The van der Waals surface area contributed by atoms with E-state index >= 15 is 0 Å². The number of phenolic OH excluding ortho intramolecular Hbond substituents is 2. The van der Waals surface area contributed by atoms with Gasteiger partial charge >= 0.3 is 0 Å². The number of ether oxygens (including phenoxy) is 2. The van der Waals surface area contributed by atoms with Crippen molar-refractivity contribution in [3.63, 3.8) is 0 Å². The Hall–Kier alpha value is -3.80. The quantitative estimate of drug-likeness (QED) is 0.394. The minimum Gasteiger partial charge on any atom is -0.507 e. The van der Waals surface area contributed by atoms with Crippen molar-refractivity contribution in [2.45, 2.75) is 0 Å². The van der Waals surface area contributed by atoms with Gasteiger partial charge < -0.3 is 19.7 Å². The summed E-state index contributed by atoms with van der Waals surface area (Å²) in [7, 11) is 0. The molecule has 0 saturated carbocycles. The lowest BCUT2D eigenvalue weighted by atomic mass is 10.2. The maximum Gasteiger partial charge on any atom is 0.161 e. The number of hydrogen-bond donors (Lipinski definition) is 2. The molecule has 0 fully saturated rings. The summed E-state index contributed by atoms with van der Waals surface area (Å²) >= 11 is 0. The van der Waals surface area contributed by atoms with E-state index in [0.29, 0.717) is 48.9 Å². The maximum atomic E-state index is 9.72. The topological polar surface area (TPSA) is 83.6 Å². The highest BCUT2D eigenvalue weighted by atomic mass is 16.5. The van der Waals surface area contributed by atoms with Crippen LogP contribution in [0.4, 0.5) is 0 Å². The molecule has 0 aliphatic carbocycles. The van der Waals surface area contributed by atoms with Crippen molar-refractivity contribution in [3.05, 3.63) is 83.9 Å². The van der Waals surface area contributed by atoms with Crippen molar-refractivity contribution in [3.8, 4) is 23.0 Å². The Labute approximate surface area is 175 Å². The summed E-state index contributed by atoms with van der Waals surface area (Å²) in [5, 5.41) is 19.4. The number of aromatic hydroxyl groups is 2. The van der Waals surface area contributed by atoms with Crippen LogP contribution in [0.25, 0.3) is 0 Å². The number of rotatable bonds is 10. The molecule has 0 atom stereocenters. The molecular formula is C24H24N2O4. The normalized spacial score (nSPS) is 11.2. The van der Waals surface area contributed by atoms with E-state index in [1.165, 1.54) is 0 Å². The van der Waals surface area contributed by atoms with Gasteiger partial charge in [0.1, 0.15) is 24.7 Å². The molecule has 0 aliphatic rings. The summed E-state index contributed by atoms with van der Waals surface area (Å²) in [6.45, 7) is 1.67. The third kappa shape index (κ3) is 6.38. The van der Waals surface area contributed by atoms with Crippen LogP contribution in [0.15, 0.2) is 82.8 Å². The number of aliphatic imine (C=N–C) groups is 2. The highest BCUT2D eigenvalue weighted by molar-refractivity contribution is 5.83. The van der Waals surface area contributed by atoms with Gasteiger partial charge in [-0.2, -0.15) is 0 Å². The van der Waals surface area contributed by atoms with Crippen LogP contribution >= 0.6 is 0 Å². The van der Waals surface area contributed by atoms with Crippen LogP contribution in [0, 0.1) is 0 Å². The Morgan fingerprint density at radius 2 is 1.00 bits per heavy atom. The molecule has 0 saturated heterocycles. The Kier molecular flexibility index (Phi) is 7.85. The SMILES string of the molecule is Oc1ccccc1C=NCCOc1ccccc1OCCN=Cc1ccccc1O. The molecule has 6 nitrogen and oxygen atoms in total. The molecule has 3 rings (SSSR count). The predicted octanol–water partition coefficient (Wildman–Crippen LogP) is 4.09. The first-order chi connectivity index (χ1) is 14.7. The number of hydrogen-bond acceptors (Lipinski definition) is 6. The number of phenols is 2. The highest BCUT2D eigenvalue weighted by Crippen LogP contribution is 2.26. The summed E-state index contributed by atoms with van der Waals surface area (Å²) in [4.78, 5) is 8.56. The smallest absolute Gasteiger partial charge is 0.161 e. The molecule has 154 valence electrons. The lowest BCUT2D eigenvalue weighted by molar-refractivity contribution is 0.278. The van der Waals surface area contributed by atoms with Crippen molar-refractivity contribution in [2.75, 3.05) is 26.3 Å². The standard InChI is InChI=1S/C24H24N2O4/c27-21-9-3-1-7-19(21)17-25-13-15-29-23-11-5-6-12-24(23)30-16-14-26-18-20-8-2-4-10-22(20)28/h1-12,17-18,27-28H,13-16H2. The summed E-state index contributed by atoms with van der Waals surface area (Å²) in [6, 6.07) is 21.5. The van der Waals surface area contributed by atoms with Crippen LogP contribution in [0.1, 0.15) is 11.1 Å². The third-order valence-electron chi connectivity index (χ3n) is 4.14. The second kappa shape index (κ2) is 11.3. The second-order valence-corrected chi connectivity index (χ2v) is 6.33. The van der Waals surface area contributed by atoms with Gasteiger partial charge in [0.2, 0.25) is 0 Å². The van der Waals surface area contributed by atoms with Crippen molar-refractivity contribution < 1.29 is 19.7 Å². The van der Waals surface area contributed by atoms with Crippen LogP contribution < -0.4 is 9.47 Å². The van der Waals surface area contributed by atoms with Gasteiger partial charge in [-0.3, -0.25) is 9.98 Å². The van der Waals surface area contributed by atoms with E-state index in [2.05, 4.69) is 9.98 Å². The largest absolute Gasteiger partial charge is 0.507 e. The van der Waals surface area contributed by atoms with E-state index in [9.17, 15) is 10.2 Å². The first-order valence-electron chi connectivity index (χ1n) is 9.64. The van der Waals surface area contributed by atoms with Crippen molar-refractivity contribution in [1.29, 1.82) is 0 Å². The van der Waals surface area contributed by atoms with E-state index in [-0.39, 0.29) is 11.5 Å². The molecule has 0 heterocycles. The first kappa shape index (κ1) is 20.9. The molecule has 6 heteroatoms. The van der Waals surface area contributed by atoms with E-state index in [1.807, 2.05) is 36.4 Å². The number of para-hydroxylation sites is 4. The molecule has 0 aromatic heterocycles. The Morgan fingerprint density at radius 3 is 1.43 bits per heavy atom. The van der Waals surface area contributed by atoms with Gasteiger partial charge in [0, 0.05) is 23.6 Å². The lowest BCUT2D eigenvalue weighted by Crippen LogP contribution is -2.06. The highest BCUT2D eigenvalue weighted by Gasteiger charge is 2.03. The van der Waals surface area contributed by atoms with Gasteiger partial charge in [0.25, 0.3) is 0 Å². The molecule has 0 amide bonds. The van der Waals surface area contributed by atoms with E-state index in [1.54, 1.807) is 48.8 Å². The summed E-state index contributed by atoms with van der Waals surface area (Å²) < 4.78 is 11.5. The van der Waals surface area contributed by atoms with E-state index < -0.39 is 0 Å². The van der Waals surface area contributed by atoms with Gasteiger partial charge in [-0.25, -0.2) is 0 Å². The summed E-state index contributed by atoms with van der Waals surface area (Å²) in [5.41, 5.74) is 1.34. The van der Waals surface area contributed by atoms with Gasteiger partial charge in [-0.15, -0.1) is 0 Å². The van der Waals surface area contributed by atoms with Crippen LogP contribution in [0.5, 0.6) is 23.0 Å². The van der Waals surface area contributed by atoms with Crippen LogP contribution in [0.2, 0.25) is 0 Å². The molecule has 30 heavy (non-hydrogen) atoms. The van der Waals surface area contributed by atoms with Crippen molar-refractivity contribution in [1.82, 2.24) is 0 Å². The Morgan fingerprint density at radius 1 is 0.600 bits per heavy atom. The third-order valence-corrected chi connectivity index (χ3v) is 4.14. The monoisotopic (exact) mass is 404 g/mol. The van der Waals surface area contributed by atoms with E-state index in [4.69, 9.17) is 9.47 Å². The molecule has 0 aliphatic heterocycles. The van der Waals surface area contributed by atoms with Crippen molar-refractivity contribution >= 4 is 12.4 Å². The molecule has 3 aromatic rings. The zero-order valence-electron chi connectivity index (χ0n) is 16.5. The van der Waals surface area contributed by atoms with Crippen molar-refractivity contribution in [2.24, 2.45) is 9.98 Å². The van der Waals surface area contributed by atoms with Gasteiger partial charge in [0.15, 0.2) is 11.5 Å². The average molecular weight is 404 g/mol. The molecule has 0 radical (unpaired) electrons. The molecule has 0 unspecified atom stereocenters. The minimum absolute atomic E-state index is 0.200. The van der Waals surface area contributed by atoms with Gasteiger partial charge in [-0.1, -0.05) is 36.4 Å². The average Bonchev–Trinajstić information content (AvgIpc) is 2.76. The van der Waals surface area contributed by atoms with Crippen LogP contribution in [-0.4, -0.2) is 48.9 Å². The summed E-state index contributed by atoms with van der Waals surface area (Å²) in [5.74, 6) is 1.68. The Balaban J connectivity index is 1.44. The first-order valence-corrected chi connectivity index (χ1v) is 9.64. The molecule has 0 bridgehead atoms. The molecule has 0 spiro atoms. The maximum absolute atomic E-state index is 9.72. The fraction of sp³-hybridized carbons (Fsp3) is 0.167. The number of benzene rings is 3. The fourth-order valence-electron chi connectivity index (χ4n) is 2.62. The number of nitrogens with zero attached hydrogens (tertiary/aromatic N) is 2. The summed E-state index contributed by atoms with van der Waals surface area (Å²) in [6.07, 6.45) is 3.26. The predicted molar refractivity (Wildman–Crippen MR) is 119 cm³/mol. The molecular weight excluding hydrogens is 380 g/mol. The van der Waals surface area contributed by atoms with Gasteiger partial charge in [0.05, 0.1) is 13.1 Å². The Bertz CT molecular complexity index is 921. The lowest BCUT2D eigenvalue weighted by Gasteiger charge is -2.11. The fourth-order valence-corrected chi connectivity index (χ4v) is 2.62. The second-order valence-electron chi connectivity index (χ2n) is 6.33. The molecule has 2 N–H and O–H groups in total. The van der Waals surface area contributed by atoms with Crippen LogP contribution in [-0.2, 0) is 0 Å². The molecule has 3 aromatic carbocycles. The van der Waals surface area contributed by atoms with E-state index in [0.717, 1.165) is 0 Å². The van der Waals surface area contributed by atoms with Gasteiger partial charge in [-0.05, 0) is 36.4 Å². The zero-order valence-corrected chi connectivity index (χ0v) is 16.5. The van der Waals surface area contributed by atoms with Crippen LogP contribution in [0.3, 0.4) is 0 Å². The zero-order chi connectivity index (χ0) is 21.0. The minimum atomic E-state index is 0.200.